The summed E-state index contributed by atoms with van der Waals surface area (Å²) >= 11 is 9.51. The van der Waals surface area contributed by atoms with Crippen LogP contribution in [-0.4, -0.2) is 25.3 Å². The summed E-state index contributed by atoms with van der Waals surface area (Å²) in [6, 6.07) is 25.0. The van der Waals surface area contributed by atoms with Gasteiger partial charge in [-0.25, -0.2) is 9.97 Å². The molecule has 0 spiro atoms. The van der Waals surface area contributed by atoms with Gasteiger partial charge in [-0.15, -0.1) is 0 Å². The Morgan fingerprint density at radius 3 is 2.38 bits per heavy atom. The summed E-state index contributed by atoms with van der Waals surface area (Å²) in [5, 5.41) is 0.696. The van der Waals surface area contributed by atoms with Gasteiger partial charge >= 0.3 is 0 Å². The third-order valence-corrected chi connectivity index (χ3v) is 5.80. The number of ketones is 1. The van der Waals surface area contributed by atoms with Crippen molar-refractivity contribution in [1.29, 1.82) is 0 Å². The summed E-state index contributed by atoms with van der Waals surface area (Å²) in [6.45, 7) is 1.87. The zero-order valence-corrected chi connectivity index (χ0v) is 20.6. The smallest absolute Gasteiger partial charge is 0.231 e. The molecule has 0 unspecified atom stereocenters. The maximum absolute atomic E-state index is 12.7. The Balaban J connectivity index is 0.000000336. The number of pyridine rings is 2. The Hall–Kier alpha value is -3.61. The fourth-order valence-corrected chi connectivity index (χ4v) is 3.81. The number of aromatic nitrogens is 4. The maximum Gasteiger partial charge on any atom is 0.231 e. The van der Waals surface area contributed by atoms with Crippen LogP contribution in [0.1, 0.15) is 21.7 Å². The van der Waals surface area contributed by atoms with Crippen LogP contribution >= 0.6 is 27.5 Å². The SMILES string of the molecule is Brc1ccccn1.Cc1cccnc1C(=O)c1cn(-c2cccc(-c3ccccc3Cl)c2)cn1. The van der Waals surface area contributed by atoms with Gasteiger partial charge in [0.2, 0.25) is 5.78 Å². The van der Waals surface area contributed by atoms with Gasteiger partial charge in [-0.3, -0.25) is 9.78 Å². The standard InChI is InChI=1S/C22H16ClN3O.C5H4BrN/c1-15-6-5-11-24-21(15)22(27)20-13-26(14-25-20)17-8-4-7-16(12-17)18-9-2-3-10-19(18)23;6-5-3-1-2-4-7-5/h2-14H,1H3;1-4H. The lowest BCUT2D eigenvalue weighted by atomic mass is 10.1. The molecule has 168 valence electrons. The predicted molar refractivity (Wildman–Crippen MR) is 138 cm³/mol. The van der Waals surface area contributed by atoms with Crippen LogP contribution in [0, 0.1) is 6.92 Å². The van der Waals surface area contributed by atoms with E-state index in [2.05, 4.69) is 30.9 Å². The number of hydrogen-bond acceptors (Lipinski definition) is 4. The summed E-state index contributed by atoms with van der Waals surface area (Å²) in [7, 11) is 0. The minimum absolute atomic E-state index is 0.186. The van der Waals surface area contributed by atoms with E-state index in [1.807, 2.05) is 90.4 Å². The Labute approximate surface area is 211 Å². The fourth-order valence-electron chi connectivity index (χ4n) is 3.30. The second-order valence-electron chi connectivity index (χ2n) is 7.35. The van der Waals surface area contributed by atoms with Gasteiger partial charge in [0.15, 0.2) is 0 Å². The minimum atomic E-state index is -0.186. The number of rotatable bonds is 4. The topological polar surface area (TPSA) is 60.7 Å². The van der Waals surface area contributed by atoms with Gasteiger partial charge in [-0.1, -0.05) is 54.1 Å². The van der Waals surface area contributed by atoms with Crippen LogP contribution in [0.15, 0.2) is 108 Å². The Morgan fingerprint density at radius 1 is 0.882 bits per heavy atom. The van der Waals surface area contributed by atoms with E-state index < -0.39 is 0 Å². The number of imidazole rings is 1. The van der Waals surface area contributed by atoms with E-state index in [1.54, 1.807) is 24.9 Å². The van der Waals surface area contributed by atoms with E-state index in [1.165, 1.54) is 0 Å². The van der Waals surface area contributed by atoms with Crippen LogP contribution < -0.4 is 0 Å². The molecule has 5 rings (SSSR count). The van der Waals surface area contributed by atoms with Gasteiger partial charge in [0, 0.05) is 34.9 Å². The number of hydrogen-bond donors (Lipinski definition) is 0. The molecular formula is C27H20BrClN4O. The monoisotopic (exact) mass is 530 g/mol. The van der Waals surface area contributed by atoms with Crippen molar-refractivity contribution < 1.29 is 4.79 Å². The lowest BCUT2D eigenvalue weighted by molar-refractivity contribution is 0.102. The van der Waals surface area contributed by atoms with Crippen molar-refractivity contribution in [3.63, 3.8) is 0 Å². The molecule has 5 aromatic rings. The summed E-state index contributed by atoms with van der Waals surface area (Å²) in [4.78, 5) is 25.0. The summed E-state index contributed by atoms with van der Waals surface area (Å²) in [6.07, 6.45) is 6.72. The molecule has 5 nitrogen and oxygen atoms in total. The number of aryl methyl sites for hydroxylation is 1. The quantitative estimate of drug-likeness (QED) is 0.186. The van der Waals surface area contributed by atoms with E-state index >= 15 is 0 Å². The molecule has 2 aromatic carbocycles. The van der Waals surface area contributed by atoms with Gasteiger partial charge in [0.05, 0.1) is 0 Å². The first-order valence-corrected chi connectivity index (χ1v) is 11.6. The fraction of sp³-hybridized carbons (Fsp3) is 0.0370. The largest absolute Gasteiger partial charge is 0.306 e. The maximum atomic E-state index is 12.7. The lowest BCUT2D eigenvalue weighted by Crippen LogP contribution is -2.06. The number of carbonyl (C=O) groups excluding carboxylic acids is 1. The van der Waals surface area contributed by atoms with Crippen LogP contribution in [0.5, 0.6) is 0 Å². The van der Waals surface area contributed by atoms with E-state index in [-0.39, 0.29) is 5.78 Å². The number of benzene rings is 2. The highest BCUT2D eigenvalue weighted by atomic mass is 79.9. The molecule has 3 heterocycles. The van der Waals surface area contributed by atoms with Gasteiger partial charge in [0.25, 0.3) is 0 Å². The van der Waals surface area contributed by atoms with Crippen molar-refractivity contribution in [2.45, 2.75) is 6.92 Å². The predicted octanol–water partition coefficient (Wildman–Crippen LogP) is 6.97. The molecule has 0 fully saturated rings. The summed E-state index contributed by atoms with van der Waals surface area (Å²) in [5.74, 6) is -0.186. The molecule has 0 amide bonds. The third kappa shape index (κ3) is 5.65. The second-order valence-corrected chi connectivity index (χ2v) is 8.57. The molecule has 0 bridgehead atoms. The summed E-state index contributed by atoms with van der Waals surface area (Å²) < 4.78 is 2.71. The molecule has 0 aliphatic rings. The van der Waals surface area contributed by atoms with E-state index in [4.69, 9.17) is 11.6 Å². The van der Waals surface area contributed by atoms with E-state index in [0.717, 1.165) is 27.0 Å². The average Bonchev–Trinajstić information content (AvgIpc) is 3.36. The molecule has 0 atom stereocenters. The van der Waals surface area contributed by atoms with Crippen molar-refractivity contribution in [2.24, 2.45) is 0 Å². The highest BCUT2D eigenvalue weighted by Crippen LogP contribution is 2.29. The molecular weight excluding hydrogens is 512 g/mol. The zero-order chi connectivity index (χ0) is 23.9. The third-order valence-electron chi connectivity index (χ3n) is 5.00. The van der Waals surface area contributed by atoms with Crippen molar-refractivity contribution >= 4 is 33.3 Å². The first-order valence-electron chi connectivity index (χ1n) is 10.4. The molecule has 7 heteroatoms. The van der Waals surface area contributed by atoms with Crippen LogP contribution in [0.4, 0.5) is 0 Å². The number of halogens is 2. The molecule has 0 radical (unpaired) electrons. The molecule has 3 aromatic heterocycles. The van der Waals surface area contributed by atoms with Gasteiger partial charge < -0.3 is 4.57 Å². The van der Waals surface area contributed by atoms with Gasteiger partial charge in [0.1, 0.15) is 22.3 Å². The van der Waals surface area contributed by atoms with E-state index in [9.17, 15) is 4.79 Å². The first-order chi connectivity index (χ1) is 16.5. The van der Waals surface area contributed by atoms with Crippen molar-refractivity contribution in [3.05, 3.63) is 130 Å². The number of carbonyl (C=O) groups is 1. The molecule has 0 saturated carbocycles. The molecule has 34 heavy (non-hydrogen) atoms. The van der Waals surface area contributed by atoms with Crippen molar-refractivity contribution in [1.82, 2.24) is 19.5 Å². The van der Waals surface area contributed by atoms with E-state index in [0.29, 0.717) is 16.4 Å². The van der Waals surface area contributed by atoms with Crippen LogP contribution in [0.3, 0.4) is 0 Å². The van der Waals surface area contributed by atoms with Crippen LogP contribution in [0.2, 0.25) is 5.02 Å². The van der Waals surface area contributed by atoms with Gasteiger partial charge in [-0.2, -0.15) is 0 Å². The van der Waals surface area contributed by atoms with Crippen molar-refractivity contribution in [3.8, 4) is 16.8 Å². The highest BCUT2D eigenvalue weighted by molar-refractivity contribution is 9.10. The average molecular weight is 532 g/mol. The van der Waals surface area contributed by atoms with Crippen LogP contribution in [0.25, 0.3) is 16.8 Å². The lowest BCUT2D eigenvalue weighted by Gasteiger charge is -2.07. The molecule has 0 saturated heterocycles. The van der Waals surface area contributed by atoms with Crippen LogP contribution in [-0.2, 0) is 0 Å². The molecule has 0 N–H and O–H groups in total. The van der Waals surface area contributed by atoms with Gasteiger partial charge in [-0.05, 0) is 70.4 Å². The Morgan fingerprint density at radius 2 is 1.68 bits per heavy atom. The minimum Gasteiger partial charge on any atom is -0.306 e. The van der Waals surface area contributed by atoms with Crippen molar-refractivity contribution in [2.75, 3.05) is 0 Å². The summed E-state index contributed by atoms with van der Waals surface area (Å²) in [5.41, 5.74) is 4.48. The molecule has 0 aliphatic carbocycles. The Kier molecular flexibility index (Phi) is 7.62. The molecule has 0 aliphatic heterocycles. The normalized spacial score (nSPS) is 10.3. The number of nitrogens with zero attached hydrogens (tertiary/aromatic N) is 4. The second kappa shape index (κ2) is 11.0. The Bertz CT molecular complexity index is 1420. The first kappa shape index (κ1) is 23.5. The zero-order valence-electron chi connectivity index (χ0n) is 18.3. The highest BCUT2D eigenvalue weighted by Gasteiger charge is 2.16.